The third-order valence-corrected chi connectivity index (χ3v) is 5.89. The number of aryl methyl sites for hydroxylation is 1. The molecule has 4 rings (SSSR count). The van der Waals surface area contributed by atoms with E-state index in [0.717, 1.165) is 16.8 Å². The first-order valence-corrected chi connectivity index (χ1v) is 11.3. The fraction of sp³-hybridized carbons (Fsp3) is 0.160. The molecule has 0 saturated heterocycles. The SMILES string of the molecule is COc1ccc(C)cc1NC(=O)CSc1nnc(-c2ccccc2OC)n1-c1ccccc1. The van der Waals surface area contributed by atoms with Gasteiger partial charge in [0.1, 0.15) is 11.5 Å². The highest BCUT2D eigenvalue weighted by Gasteiger charge is 2.20. The van der Waals surface area contributed by atoms with Crippen LogP contribution in [-0.4, -0.2) is 40.6 Å². The first-order chi connectivity index (χ1) is 16.1. The molecule has 0 aliphatic heterocycles. The number of nitrogens with zero attached hydrogens (tertiary/aromatic N) is 3. The summed E-state index contributed by atoms with van der Waals surface area (Å²) in [6.45, 7) is 1.96. The van der Waals surface area contributed by atoms with Gasteiger partial charge in [-0.15, -0.1) is 10.2 Å². The second-order valence-corrected chi connectivity index (χ2v) is 8.16. The molecule has 168 valence electrons. The van der Waals surface area contributed by atoms with Crippen molar-refractivity contribution in [3.05, 3.63) is 78.4 Å². The first-order valence-electron chi connectivity index (χ1n) is 10.3. The van der Waals surface area contributed by atoms with Gasteiger partial charge in [-0.25, -0.2) is 0 Å². The number of hydrogen-bond donors (Lipinski definition) is 1. The molecule has 1 heterocycles. The van der Waals surface area contributed by atoms with Crippen LogP contribution in [0, 0.1) is 6.92 Å². The Morgan fingerprint density at radius 3 is 2.42 bits per heavy atom. The van der Waals surface area contributed by atoms with Crippen molar-refractivity contribution in [2.24, 2.45) is 0 Å². The lowest BCUT2D eigenvalue weighted by Gasteiger charge is -2.13. The third kappa shape index (κ3) is 5.01. The van der Waals surface area contributed by atoms with Gasteiger partial charge in [0.2, 0.25) is 5.91 Å². The van der Waals surface area contributed by atoms with E-state index in [1.807, 2.05) is 84.3 Å². The van der Waals surface area contributed by atoms with Crippen LogP contribution in [0.5, 0.6) is 11.5 Å². The van der Waals surface area contributed by atoms with Gasteiger partial charge in [0.15, 0.2) is 11.0 Å². The Kier molecular flexibility index (Phi) is 6.95. The Bertz CT molecular complexity index is 1260. The summed E-state index contributed by atoms with van der Waals surface area (Å²) in [5, 5.41) is 12.4. The standard InChI is InChI=1S/C25H24N4O3S/c1-17-13-14-22(32-3)20(15-17)26-23(30)16-33-25-28-27-24(19-11-7-8-12-21(19)31-2)29(25)18-9-5-4-6-10-18/h4-15H,16H2,1-3H3,(H,26,30). The quantitative estimate of drug-likeness (QED) is 0.373. The molecule has 33 heavy (non-hydrogen) atoms. The molecule has 4 aromatic rings. The summed E-state index contributed by atoms with van der Waals surface area (Å²) in [7, 11) is 3.21. The molecular formula is C25H24N4O3S. The first kappa shape index (κ1) is 22.4. The summed E-state index contributed by atoms with van der Waals surface area (Å²) in [4.78, 5) is 12.7. The number of nitrogens with one attached hydrogen (secondary N) is 1. The van der Waals surface area contributed by atoms with E-state index in [4.69, 9.17) is 9.47 Å². The maximum atomic E-state index is 12.7. The molecule has 7 nitrogen and oxygen atoms in total. The van der Waals surface area contributed by atoms with E-state index in [1.165, 1.54) is 11.8 Å². The number of amides is 1. The van der Waals surface area contributed by atoms with Gasteiger partial charge in [-0.2, -0.15) is 0 Å². The fourth-order valence-corrected chi connectivity index (χ4v) is 4.16. The molecule has 0 saturated carbocycles. The maximum Gasteiger partial charge on any atom is 0.234 e. The van der Waals surface area contributed by atoms with Crippen LogP contribution in [0.15, 0.2) is 78.0 Å². The minimum Gasteiger partial charge on any atom is -0.496 e. The number of thioether (sulfide) groups is 1. The predicted octanol–water partition coefficient (Wildman–Crippen LogP) is 4.99. The topological polar surface area (TPSA) is 78.3 Å². The molecular weight excluding hydrogens is 436 g/mol. The summed E-state index contributed by atoms with van der Waals surface area (Å²) in [5.74, 6) is 1.95. The Morgan fingerprint density at radius 1 is 0.939 bits per heavy atom. The molecule has 1 N–H and O–H groups in total. The van der Waals surface area contributed by atoms with Gasteiger partial charge in [-0.05, 0) is 48.9 Å². The van der Waals surface area contributed by atoms with E-state index in [9.17, 15) is 4.79 Å². The molecule has 1 aromatic heterocycles. The van der Waals surface area contributed by atoms with E-state index in [-0.39, 0.29) is 11.7 Å². The Hall–Kier alpha value is -3.78. The lowest BCUT2D eigenvalue weighted by Crippen LogP contribution is -2.15. The fourth-order valence-electron chi connectivity index (χ4n) is 3.41. The van der Waals surface area contributed by atoms with Gasteiger partial charge < -0.3 is 14.8 Å². The largest absolute Gasteiger partial charge is 0.496 e. The van der Waals surface area contributed by atoms with Crippen LogP contribution in [-0.2, 0) is 4.79 Å². The number of para-hydroxylation sites is 2. The summed E-state index contributed by atoms with van der Waals surface area (Å²) in [6, 6.07) is 23.1. The maximum absolute atomic E-state index is 12.7. The average molecular weight is 461 g/mol. The zero-order chi connectivity index (χ0) is 23.2. The van der Waals surface area contributed by atoms with Gasteiger partial charge in [-0.1, -0.05) is 48.2 Å². The highest BCUT2D eigenvalue weighted by Crippen LogP contribution is 2.33. The van der Waals surface area contributed by atoms with Crippen molar-refractivity contribution in [2.45, 2.75) is 12.1 Å². The van der Waals surface area contributed by atoms with Gasteiger partial charge >= 0.3 is 0 Å². The summed E-state index contributed by atoms with van der Waals surface area (Å²) in [6.07, 6.45) is 0. The van der Waals surface area contributed by atoms with Crippen molar-refractivity contribution in [3.63, 3.8) is 0 Å². The van der Waals surface area contributed by atoms with Crippen molar-refractivity contribution in [1.29, 1.82) is 0 Å². The lowest BCUT2D eigenvalue weighted by atomic mass is 10.2. The number of methoxy groups -OCH3 is 2. The number of carbonyl (C=O) groups excluding carboxylic acids is 1. The van der Waals surface area contributed by atoms with Crippen LogP contribution in [0.4, 0.5) is 5.69 Å². The van der Waals surface area contributed by atoms with Crippen molar-refractivity contribution in [1.82, 2.24) is 14.8 Å². The zero-order valence-corrected chi connectivity index (χ0v) is 19.4. The molecule has 1 amide bonds. The smallest absolute Gasteiger partial charge is 0.234 e. The van der Waals surface area contributed by atoms with E-state index < -0.39 is 0 Å². The summed E-state index contributed by atoms with van der Waals surface area (Å²) < 4.78 is 12.8. The Morgan fingerprint density at radius 2 is 1.67 bits per heavy atom. The van der Waals surface area contributed by atoms with E-state index in [1.54, 1.807) is 14.2 Å². The molecule has 0 atom stereocenters. The monoisotopic (exact) mass is 460 g/mol. The van der Waals surface area contributed by atoms with Gasteiger partial charge in [0.05, 0.1) is 31.2 Å². The zero-order valence-electron chi connectivity index (χ0n) is 18.6. The van der Waals surface area contributed by atoms with E-state index in [0.29, 0.717) is 28.2 Å². The molecule has 3 aromatic carbocycles. The van der Waals surface area contributed by atoms with Crippen LogP contribution >= 0.6 is 11.8 Å². The molecule has 0 unspecified atom stereocenters. The van der Waals surface area contributed by atoms with Crippen molar-refractivity contribution in [2.75, 3.05) is 25.3 Å². The van der Waals surface area contributed by atoms with Crippen LogP contribution in [0.3, 0.4) is 0 Å². The number of anilines is 1. The highest BCUT2D eigenvalue weighted by atomic mass is 32.2. The van der Waals surface area contributed by atoms with E-state index >= 15 is 0 Å². The molecule has 0 spiro atoms. The van der Waals surface area contributed by atoms with Gasteiger partial charge in [-0.3, -0.25) is 9.36 Å². The minimum absolute atomic E-state index is 0.161. The number of benzene rings is 3. The van der Waals surface area contributed by atoms with Crippen LogP contribution in [0.1, 0.15) is 5.56 Å². The van der Waals surface area contributed by atoms with Crippen molar-refractivity contribution < 1.29 is 14.3 Å². The average Bonchev–Trinajstić information content (AvgIpc) is 3.27. The lowest BCUT2D eigenvalue weighted by molar-refractivity contribution is -0.113. The summed E-state index contributed by atoms with van der Waals surface area (Å²) >= 11 is 1.31. The number of aromatic nitrogens is 3. The van der Waals surface area contributed by atoms with Gasteiger partial charge in [0.25, 0.3) is 0 Å². The second-order valence-electron chi connectivity index (χ2n) is 7.22. The minimum atomic E-state index is -0.162. The molecule has 0 radical (unpaired) electrons. The molecule has 0 aliphatic carbocycles. The van der Waals surface area contributed by atoms with E-state index in [2.05, 4.69) is 15.5 Å². The molecule has 0 bridgehead atoms. The predicted molar refractivity (Wildman–Crippen MR) is 130 cm³/mol. The van der Waals surface area contributed by atoms with Crippen LogP contribution < -0.4 is 14.8 Å². The molecule has 8 heteroatoms. The molecule has 0 aliphatic rings. The number of hydrogen-bond acceptors (Lipinski definition) is 6. The second kappa shape index (κ2) is 10.2. The number of carbonyl (C=O) groups is 1. The van der Waals surface area contributed by atoms with Crippen LogP contribution in [0.2, 0.25) is 0 Å². The van der Waals surface area contributed by atoms with Crippen LogP contribution in [0.25, 0.3) is 17.1 Å². The van der Waals surface area contributed by atoms with Crippen molar-refractivity contribution in [3.8, 4) is 28.6 Å². The number of rotatable bonds is 8. The number of ether oxygens (including phenoxy) is 2. The normalized spacial score (nSPS) is 10.6. The van der Waals surface area contributed by atoms with Crippen molar-refractivity contribution >= 4 is 23.4 Å². The third-order valence-electron chi connectivity index (χ3n) is 4.96. The van der Waals surface area contributed by atoms with Gasteiger partial charge in [0, 0.05) is 5.69 Å². The Labute approximate surface area is 196 Å². The summed E-state index contributed by atoms with van der Waals surface area (Å²) in [5.41, 5.74) is 3.38. The molecule has 0 fully saturated rings. The highest BCUT2D eigenvalue weighted by molar-refractivity contribution is 7.99. The Balaban J connectivity index is 1.62.